The molecule has 2 aromatic carbocycles. The molecular weight excluding hydrogens is 553 g/mol. The minimum atomic E-state index is -4.61. The fourth-order valence-corrected chi connectivity index (χ4v) is 4.73. The van der Waals surface area contributed by atoms with Crippen LogP contribution in [0, 0.1) is 0 Å². The molecule has 0 saturated carbocycles. The highest BCUT2D eigenvalue weighted by Gasteiger charge is 2.33. The predicted octanol–water partition coefficient (Wildman–Crippen LogP) is 3.92. The van der Waals surface area contributed by atoms with Gasteiger partial charge < -0.3 is 24.8 Å². The number of benzene rings is 2. The molecule has 1 aromatic heterocycles. The molecule has 0 atom stereocenters. The average molecular weight is 581 g/mol. The summed E-state index contributed by atoms with van der Waals surface area (Å²) in [6, 6.07) is 10.3. The van der Waals surface area contributed by atoms with Crippen LogP contribution in [0.3, 0.4) is 0 Å². The van der Waals surface area contributed by atoms with Crippen LogP contribution in [0.25, 0.3) is 11.1 Å². The Morgan fingerprint density at radius 2 is 1.88 bits per heavy atom. The second kappa shape index (κ2) is 11.7. The number of rotatable bonds is 10. The maximum Gasteiger partial charge on any atom is 0.433 e. The van der Waals surface area contributed by atoms with Gasteiger partial charge in [-0.2, -0.15) is 13.2 Å². The Morgan fingerprint density at radius 3 is 2.55 bits per heavy atom. The van der Waals surface area contributed by atoms with Crippen LogP contribution < -0.4 is 20.1 Å². The average Bonchev–Trinajstić information content (AvgIpc) is 2.88. The SMILES string of the molecule is COCCOCOc1ccc(N2CCc3cc(-c4cnc(C(F)(F)F)cc4N)ccc3C2=O)cc1NS(C)(=O)=O. The molecule has 0 spiro atoms. The lowest BCUT2D eigenvalue weighted by atomic mass is 9.93. The summed E-state index contributed by atoms with van der Waals surface area (Å²) in [5.41, 5.74) is 7.25. The number of methoxy groups -OCH3 is 1. The van der Waals surface area contributed by atoms with E-state index in [1.807, 2.05) is 0 Å². The van der Waals surface area contributed by atoms with Crippen LogP contribution in [0.2, 0.25) is 0 Å². The number of nitrogens with one attached hydrogen (secondary N) is 1. The van der Waals surface area contributed by atoms with Gasteiger partial charge in [-0.25, -0.2) is 8.42 Å². The second-order valence-electron chi connectivity index (χ2n) is 8.95. The van der Waals surface area contributed by atoms with Crippen molar-refractivity contribution in [2.75, 3.05) is 55.3 Å². The van der Waals surface area contributed by atoms with Crippen molar-refractivity contribution in [2.24, 2.45) is 0 Å². The summed E-state index contributed by atoms with van der Waals surface area (Å²) in [6.07, 6.45) is -2.11. The molecule has 1 amide bonds. The van der Waals surface area contributed by atoms with Crippen molar-refractivity contribution >= 4 is 33.0 Å². The monoisotopic (exact) mass is 580 g/mol. The Balaban J connectivity index is 1.57. The van der Waals surface area contributed by atoms with Gasteiger partial charge in [-0.1, -0.05) is 12.1 Å². The van der Waals surface area contributed by atoms with Gasteiger partial charge >= 0.3 is 6.18 Å². The minimum Gasteiger partial charge on any atom is -0.465 e. The number of aromatic nitrogens is 1. The normalized spacial score (nSPS) is 13.7. The Bertz CT molecular complexity index is 1510. The van der Waals surface area contributed by atoms with E-state index in [0.29, 0.717) is 41.0 Å². The number of sulfonamides is 1. The highest BCUT2D eigenvalue weighted by molar-refractivity contribution is 7.92. The smallest absolute Gasteiger partial charge is 0.433 e. The molecule has 3 aromatic rings. The number of pyridine rings is 1. The summed E-state index contributed by atoms with van der Waals surface area (Å²) in [6.45, 7) is 0.785. The van der Waals surface area contributed by atoms with Crippen LogP contribution in [-0.4, -0.2) is 59.2 Å². The van der Waals surface area contributed by atoms with Gasteiger partial charge in [0.1, 0.15) is 11.4 Å². The van der Waals surface area contributed by atoms with Crippen molar-refractivity contribution in [3.8, 4) is 16.9 Å². The van der Waals surface area contributed by atoms with Crippen LogP contribution >= 0.6 is 0 Å². The van der Waals surface area contributed by atoms with E-state index in [1.54, 1.807) is 24.3 Å². The standard InChI is InChI=1S/C26H27F3N4O6S/c1-37-9-10-38-15-39-23-6-4-18(12-22(23)32-40(2,35)36)33-8-7-17-11-16(3-5-19(17)25(33)34)20-14-31-24(13-21(20)30)26(27,28)29/h3-6,11-14,32H,7-10,15H2,1-2H3,(H2,30,31). The van der Waals surface area contributed by atoms with E-state index < -0.39 is 21.9 Å². The lowest BCUT2D eigenvalue weighted by molar-refractivity contribution is -0.141. The second-order valence-corrected chi connectivity index (χ2v) is 10.7. The number of alkyl halides is 3. The first-order valence-electron chi connectivity index (χ1n) is 12.0. The molecule has 0 unspecified atom stereocenters. The van der Waals surface area contributed by atoms with Crippen molar-refractivity contribution in [1.82, 2.24) is 4.98 Å². The largest absolute Gasteiger partial charge is 0.465 e. The topological polar surface area (TPSA) is 133 Å². The highest BCUT2D eigenvalue weighted by atomic mass is 32.2. The van der Waals surface area contributed by atoms with Crippen LogP contribution in [0.4, 0.5) is 30.2 Å². The van der Waals surface area contributed by atoms with Gasteiger partial charge in [0, 0.05) is 42.4 Å². The van der Waals surface area contributed by atoms with Crippen molar-refractivity contribution in [1.29, 1.82) is 0 Å². The van der Waals surface area contributed by atoms with Gasteiger partial charge in [-0.3, -0.25) is 14.5 Å². The zero-order chi connectivity index (χ0) is 29.1. The summed E-state index contributed by atoms with van der Waals surface area (Å²) >= 11 is 0. The number of fused-ring (bicyclic) bond motifs is 1. The van der Waals surface area contributed by atoms with Gasteiger partial charge in [0.15, 0.2) is 6.79 Å². The Hall–Kier alpha value is -3.88. The predicted molar refractivity (Wildman–Crippen MR) is 143 cm³/mol. The minimum absolute atomic E-state index is 0.0802. The molecule has 214 valence electrons. The lowest BCUT2D eigenvalue weighted by Crippen LogP contribution is -2.37. The van der Waals surface area contributed by atoms with E-state index in [0.717, 1.165) is 18.5 Å². The molecule has 14 heteroatoms. The van der Waals surface area contributed by atoms with E-state index in [4.69, 9.17) is 19.9 Å². The molecule has 3 N–H and O–H groups in total. The molecule has 2 heterocycles. The summed E-state index contributed by atoms with van der Waals surface area (Å²) < 4.78 is 80.9. The third kappa shape index (κ3) is 6.81. The van der Waals surface area contributed by atoms with E-state index >= 15 is 0 Å². The molecule has 40 heavy (non-hydrogen) atoms. The summed E-state index contributed by atoms with van der Waals surface area (Å²) in [7, 11) is -2.14. The first-order valence-corrected chi connectivity index (χ1v) is 13.9. The summed E-state index contributed by atoms with van der Waals surface area (Å²) in [4.78, 5) is 18.4. The molecule has 1 aliphatic heterocycles. The molecule has 0 aliphatic carbocycles. The molecule has 10 nitrogen and oxygen atoms in total. The number of hydrogen-bond donors (Lipinski definition) is 2. The van der Waals surface area contributed by atoms with E-state index in [1.165, 1.54) is 24.1 Å². The van der Waals surface area contributed by atoms with E-state index in [-0.39, 0.29) is 43.0 Å². The number of anilines is 3. The maximum absolute atomic E-state index is 13.4. The third-order valence-corrected chi connectivity index (χ3v) is 6.61. The lowest BCUT2D eigenvalue weighted by Gasteiger charge is -2.29. The molecular formula is C26H27F3N4O6S. The van der Waals surface area contributed by atoms with Gasteiger partial charge in [0.2, 0.25) is 10.0 Å². The first-order chi connectivity index (χ1) is 18.9. The zero-order valence-electron chi connectivity index (χ0n) is 21.6. The fourth-order valence-electron chi connectivity index (χ4n) is 4.17. The Kier molecular flexibility index (Phi) is 8.51. The number of nitrogens with two attached hydrogens (primary N) is 1. The first kappa shape index (κ1) is 29.1. The molecule has 0 bridgehead atoms. The number of hydrogen-bond acceptors (Lipinski definition) is 8. The van der Waals surface area contributed by atoms with Crippen molar-refractivity contribution in [3.63, 3.8) is 0 Å². The number of nitrogens with zero attached hydrogens (tertiary/aromatic N) is 2. The van der Waals surface area contributed by atoms with Crippen molar-refractivity contribution in [3.05, 3.63) is 65.5 Å². The Morgan fingerprint density at radius 1 is 1.10 bits per heavy atom. The number of ether oxygens (including phenoxy) is 3. The van der Waals surface area contributed by atoms with Crippen molar-refractivity contribution < 1.29 is 40.6 Å². The summed E-state index contributed by atoms with van der Waals surface area (Å²) in [5.74, 6) is -0.114. The van der Waals surface area contributed by atoms with Gasteiger partial charge in [-0.15, -0.1) is 0 Å². The number of nitrogen functional groups attached to an aromatic ring is 1. The molecule has 0 radical (unpaired) electrons. The quantitative estimate of drug-likeness (QED) is 0.272. The third-order valence-electron chi connectivity index (χ3n) is 6.02. The molecule has 4 rings (SSSR count). The fraction of sp³-hybridized carbons (Fsp3) is 0.308. The number of carbonyl (C=O) groups excluding carboxylic acids is 1. The summed E-state index contributed by atoms with van der Waals surface area (Å²) in [5, 5.41) is 0. The van der Waals surface area contributed by atoms with Crippen LogP contribution in [0.1, 0.15) is 21.6 Å². The molecule has 0 saturated heterocycles. The van der Waals surface area contributed by atoms with Crippen LogP contribution in [0.5, 0.6) is 5.75 Å². The highest BCUT2D eigenvalue weighted by Crippen LogP contribution is 2.36. The zero-order valence-corrected chi connectivity index (χ0v) is 22.4. The van der Waals surface area contributed by atoms with Gasteiger partial charge in [0.05, 0.1) is 25.2 Å². The number of carbonyl (C=O) groups is 1. The maximum atomic E-state index is 13.4. The molecule has 1 aliphatic rings. The van der Waals surface area contributed by atoms with E-state index in [2.05, 4.69) is 9.71 Å². The van der Waals surface area contributed by atoms with Gasteiger partial charge in [0.25, 0.3) is 5.91 Å². The van der Waals surface area contributed by atoms with E-state index in [9.17, 15) is 26.4 Å². The number of amides is 1. The Labute approximate surface area is 228 Å². The molecule has 0 fully saturated rings. The van der Waals surface area contributed by atoms with Crippen molar-refractivity contribution in [2.45, 2.75) is 12.6 Å². The van der Waals surface area contributed by atoms with Gasteiger partial charge in [-0.05, 0) is 47.9 Å². The number of halogens is 3. The van der Waals surface area contributed by atoms with Crippen LogP contribution in [0.15, 0.2) is 48.7 Å². The van der Waals surface area contributed by atoms with Crippen LogP contribution in [-0.2, 0) is 32.1 Å².